The Labute approximate surface area is 163 Å². The zero-order chi connectivity index (χ0) is 20.0. The molecule has 2 atom stereocenters. The molecule has 148 valence electrons. The van der Waals surface area contributed by atoms with Gasteiger partial charge in [0, 0.05) is 23.1 Å². The Hall–Kier alpha value is -2.07. The second-order valence-electron chi connectivity index (χ2n) is 7.71. The standard InChI is InChI=1S/C23H33NO3/c1-7-17(5)27-21-14-13-20(18-11-9-10-12-19(18)21)24-22(25)23(6,26-8-2)15-16(3)4/h9-14,16-17H,7-8,15H2,1-6H3,(H,24,25)/t17-,23-/m0/s1. The van der Waals surface area contributed by atoms with Crippen molar-refractivity contribution in [2.45, 2.75) is 66.1 Å². The minimum atomic E-state index is -0.851. The van der Waals surface area contributed by atoms with Crippen LogP contribution < -0.4 is 10.1 Å². The van der Waals surface area contributed by atoms with Gasteiger partial charge in [-0.3, -0.25) is 4.79 Å². The van der Waals surface area contributed by atoms with Gasteiger partial charge in [-0.1, -0.05) is 45.0 Å². The molecule has 0 aliphatic rings. The highest BCUT2D eigenvalue weighted by atomic mass is 16.5. The summed E-state index contributed by atoms with van der Waals surface area (Å²) in [5.41, 5.74) is -0.0718. The topological polar surface area (TPSA) is 47.6 Å². The summed E-state index contributed by atoms with van der Waals surface area (Å²) in [4.78, 5) is 13.0. The van der Waals surface area contributed by atoms with Crippen LogP contribution >= 0.6 is 0 Å². The van der Waals surface area contributed by atoms with Gasteiger partial charge in [-0.15, -0.1) is 0 Å². The zero-order valence-electron chi connectivity index (χ0n) is 17.5. The Morgan fingerprint density at radius 2 is 1.74 bits per heavy atom. The van der Waals surface area contributed by atoms with Gasteiger partial charge in [0.1, 0.15) is 11.4 Å². The van der Waals surface area contributed by atoms with Gasteiger partial charge in [0.2, 0.25) is 0 Å². The van der Waals surface area contributed by atoms with Crippen molar-refractivity contribution in [1.82, 2.24) is 0 Å². The Bertz CT molecular complexity index is 771. The van der Waals surface area contributed by atoms with E-state index in [1.54, 1.807) is 0 Å². The van der Waals surface area contributed by atoms with Gasteiger partial charge in [0.25, 0.3) is 5.91 Å². The molecule has 2 aromatic rings. The van der Waals surface area contributed by atoms with Crippen LogP contribution in [-0.4, -0.2) is 24.2 Å². The molecule has 0 aromatic heterocycles. The Morgan fingerprint density at radius 3 is 2.33 bits per heavy atom. The van der Waals surface area contributed by atoms with Gasteiger partial charge in [-0.05, 0) is 51.7 Å². The largest absolute Gasteiger partial charge is 0.490 e. The number of fused-ring (bicyclic) bond motifs is 1. The molecule has 0 aliphatic heterocycles. The van der Waals surface area contributed by atoms with Crippen molar-refractivity contribution in [3.63, 3.8) is 0 Å². The molecule has 0 radical (unpaired) electrons. The van der Waals surface area contributed by atoms with Crippen molar-refractivity contribution >= 4 is 22.4 Å². The molecule has 0 saturated carbocycles. The lowest BCUT2D eigenvalue weighted by molar-refractivity contribution is -0.140. The van der Waals surface area contributed by atoms with E-state index >= 15 is 0 Å². The van der Waals surface area contributed by atoms with E-state index in [9.17, 15) is 4.79 Å². The fourth-order valence-electron chi connectivity index (χ4n) is 3.35. The molecule has 27 heavy (non-hydrogen) atoms. The lowest BCUT2D eigenvalue weighted by Gasteiger charge is -2.30. The number of rotatable bonds is 9. The summed E-state index contributed by atoms with van der Waals surface area (Å²) in [5.74, 6) is 1.09. The van der Waals surface area contributed by atoms with Crippen molar-refractivity contribution in [2.75, 3.05) is 11.9 Å². The molecule has 0 saturated heterocycles. The van der Waals surface area contributed by atoms with E-state index in [4.69, 9.17) is 9.47 Å². The van der Waals surface area contributed by atoms with Gasteiger partial charge in [-0.2, -0.15) is 0 Å². The number of benzene rings is 2. The maximum atomic E-state index is 13.0. The first-order chi connectivity index (χ1) is 12.8. The first-order valence-electron chi connectivity index (χ1n) is 9.94. The van der Waals surface area contributed by atoms with Crippen LogP contribution in [0.1, 0.15) is 54.4 Å². The molecule has 0 bridgehead atoms. The summed E-state index contributed by atoms with van der Waals surface area (Å²) in [6.07, 6.45) is 1.75. The minimum absolute atomic E-state index is 0.112. The van der Waals surface area contributed by atoms with Crippen LogP contribution in [0.4, 0.5) is 5.69 Å². The fourth-order valence-corrected chi connectivity index (χ4v) is 3.35. The first kappa shape index (κ1) is 21.2. The van der Waals surface area contributed by atoms with Crippen molar-refractivity contribution in [3.8, 4) is 5.75 Å². The van der Waals surface area contributed by atoms with E-state index in [0.717, 1.165) is 28.6 Å². The summed E-state index contributed by atoms with van der Waals surface area (Å²) in [7, 11) is 0. The van der Waals surface area contributed by atoms with Crippen molar-refractivity contribution in [1.29, 1.82) is 0 Å². The first-order valence-corrected chi connectivity index (χ1v) is 9.94. The maximum Gasteiger partial charge on any atom is 0.256 e. The molecule has 0 heterocycles. The van der Waals surface area contributed by atoms with Crippen molar-refractivity contribution < 1.29 is 14.3 Å². The van der Waals surface area contributed by atoms with Gasteiger partial charge >= 0.3 is 0 Å². The van der Waals surface area contributed by atoms with Crippen LogP contribution in [0.15, 0.2) is 36.4 Å². The second-order valence-corrected chi connectivity index (χ2v) is 7.71. The smallest absolute Gasteiger partial charge is 0.256 e. The van der Waals surface area contributed by atoms with E-state index in [0.29, 0.717) is 18.9 Å². The number of carbonyl (C=O) groups excluding carboxylic acids is 1. The molecule has 4 nitrogen and oxygen atoms in total. The van der Waals surface area contributed by atoms with E-state index < -0.39 is 5.60 Å². The quantitative estimate of drug-likeness (QED) is 0.606. The number of carbonyl (C=O) groups is 1. The average molecular weight is 372 g/mol. The Kier molecular flexibility index (Phi) is 7.25. The molecule has 0 spiro atoms. The summed E-state index contributed by atoms with van der Waals surface area (Å²) in [6, 6.07) is 11.8. The number of anilines is 1. The third-order valence-electron chi connectivity index (χ3n) is 4.78. The molecule has 0 fully saturated rings. The second kappa shape index (κ2) is 9.23. The van der Waals surface area contributed by atoms with Gasteiger partial charge in [-0.25, -0.2) is 0 Å². The van der Waals surface area contributed by atoms with Gasteiger partial charge in [0.05, 0.1) is 6.10 Å². The Balaban J connectivity index is 2.36. The van der Waals surface area contributed by atoms with E-state index in [1.807, 2.05) is 50.2 Å². The summed E-state index contributed by atoms with van der Waals surface area (Å²) in [5, 5.41) is 5.06. The highest BCUT2D eigenvalue weighted by molar-refractivity contribution is 6.06. The van der Waals surface area contributed by atoms with Crippen LogP contribution in [0.3, 0.4) is 0 Å². The fraction of sp³-hybridized carbons (Fsp3) is 0.522. The zero-order valence-corrected chi connectivity index (χ0v) is 17.5. The minimum Gasteiger partial charge on any atom is -0.490 e. The van der Waals surface area contributed by atoms with Crippen molar-refractivity contribution in [3.05, 3.63) is 36.4 Å². The van der Waals surface area contributed by atoms with E-state index in [2.05, 4.69) is 33.0 Å². The van der Waals surface area contributed by atoms with Crippen LogP contribution in [0.25, 0.3) is 10.8 Å². The van der Waals surface area contributed by atoms with Crippen molar-refractivity contribution in [2.24, 2.45) is 5.92 Å². The molecule has 0 aliphatic carbocycles. The SMILES string of the molecule is CCO[C@@](C)(CC(C)C)C(=O)Nc1ccc(O[C@@H](C)CC)c2ccccc12. The molecule has 0 unspecified atom stereocenters. The summed E-state index contributed by atoms with van der Waals surface area (Å²) in [6.45, 7) is 12.6. The van der Waals surface area contributed by atoms with Crippen LogP contribution in [0, 0.1) is 5.92 Å². The highest BCUT2D eigenvalue weighted by Crippen LogP contribution is 2.33. The molecule has 1 N–H and O–H groups in total. The number of hydrogen-bond acceptors (Lipinski definition) is 3. The Morgan fingerprint density at radius 1 is 1.07 bits per heavy atom. The number of ether oxygens (including phenoxy) is 2. The summed E-state index contributed by atoms with van der Waals surface area (Å²) >= 11 is 0. The number of hydrogen-bond donors (Lipinski definition) is 1. The molecule has 2 rings (SSSR count). The molecule has 1 amide bonds. The third kappa shape index (κ3) is 5.23. The molecule has 2 aromatic carbocycles. The summed E-state index contributed by atoms with van der Waals surface area (Å²) < 4.78 is 11.9. The van der Waals surface area contributed by atoms with Crippen LogP contribution in [0.2, 0.25) is 0 Å². The third-order valence-corrected chi connectivity index (χ3v) is 4.78. The van der Waals surface area contributed by atoms with Gasteiger partial charge < -0.3 is 14.8 Å². The average Bonchev–Trinajstić information content (AvgIpc) is 2.63. The molecule has 4 heteroatoms. The number of nitrogens with one attached hydrogen (secondary N) is 1. The normalized spacial score (nSPS) is 14.8. The lowest BCUT2D eigenvalue weighted by atomic mass is 9.92. The highest BCUT2D eigenvalue weighted by Gasteiger charge is 2.35. The molecular formula is C23H33NO3. The maximum absolute atomic E-state index is 13.0. The van der Waals surface area contributed by atoms with Gasteiger partial charge in [0.15, 0.2) is 0 Å². The lowest BCUT2D eigenvalue weighted by Crippen LogP contribution is -2.44. The molecular weight excluding hydrogens is 338 g/mol. The van der Waals surface area contributed by atoms with E-state index in [-0.39, 0.29) is 12.0 Å². The van der Waals surface area contributed by atoms with Crippen LogP contribution in [0.5, 0.6) is 5.75 Å². The predicted molar refractivity (Wildman–Crippen MR) is 112 cm³/mol. The van der Waals surface area contributed by atoms with Crippen LogP contribution in [-0.2, 0) is 9.53 Å². The predicted octanol–water partition coefficient (Wildman–Crippen LogP) is 5.80. The monoisotopic (exact) mass is 371 g/mol. The number of amides is 1. The van der Waals surface area contributed by atoms with E-state index in [1.165, 1.54) is 0 Å².